The Balaban J connectivity index is 2.11. The van der Waals surface area contributed by atoms with Crippen LogP contribution in [0.1, 0.15) is 28.5 Å². The molecule has 28 heavy (non-hydrogen) atoms. The highest BCUT2D eigenvalue weighted by Crippen LogP contribution is 2.27. The molecular formula is C19H15F4N3O2. The van der Waals surface area contributed by atoms with E-state index in [1.54, 1.807) is 6.92 Å². The van der Waals surface area contributed by atoms with Crippen molar-refractivity contribution in [2.75, 3.05) is 11.9 Å². The van der Waals surface area contributed by atoms with Crippen LogP contribution >= 0.6 is 0 Å². The van der Waals surface area contributed by atoms with Gasteiger partial charge in [0.1, 0.15) is 11.3 Å². The number of esters is 1. The van der Waals surface area contributed by atoms with E-state index in [0.29, 0.717) is 5.56 Å². The van der Waals surface area contributed by atoms with E-state index in [9.17, 15) is 22.4 Å². The maximum absolute atomic E-state index is 14.2. The Morgan fingerprint density at radius 2 is 1.68 bits per heavy atom. The Bertz CT molecular complexity index is 1060. The number of carbonyl (C=O) groups is 1. The highest BCUT2D eigenvalue weighted by atomic mass is 19.2. The van der Waals surface area contributed by atoms with E-state index in [2.05, 4.69) is 15.3 Å². The van der Waals surface area contributed by atoms with Gasteiger partial charge < -0.3 is 10.1 Å². The summed E-state index contributed by atoms with van der Waals surface area (Å²) in [7, 11) is 0. The third kappa shape index (κ3) is 3.60. The zero-order chi connectivity index (χ0) is 20.4. The van der Waals surface area contributed by atoms with E-state index in [4.69, 9.17) is 4.74 Å². The summed E-state index contributed by atoms with van der Waals surface area (Å²) >= 11 is 0. The predicted molar refractivity (Wildman–Crippen MR) is 93.8 cm³/mol. The van der Waals surface area contributed by atoms with Crippen LogP contribution in [0, 0.1) is 30.2 Å². The fraction of sp³-hybridized carbons (Fsp3) is 0.211. The predicted octanol–water partition coefficient (Wildman–Crippen LogP) is 4.28. The first-order chi connectivity index (χ1) is 13.3. The molecule has 0 atom stereocenters. The molecule has 1 N–H and O–H groups in total. The van der Waals surface area contributed by atoms with Gasteiger partial charge in [0.25, 0.3) is 0 Å². The minimum Gasteiger partial charge on any atom is -0.461 e. The van der Waals surface area contributed by atoms with E-state index >= 15 is 0 Å². The lowest BCUT2D eigenvalue weighted by Crippen LogP contribution is -2.15. The Labute approximate surface area is 157 Å². The van der Waals surface area contributed by atoms with Crippen molar-refractivity contribution in [2.45, 2.75) is 20.4 Å². The van der Waals surface area contributed by atoms with Gasteiger partial charge >= 0.3 is 5.97 Å². The molecule has 0 unspecified atom stereocenters. The van der Waals surface area contributed by atoms with Crippen molar-refractivity contribution >= 4 is 22.8 Å². The summed E-state index contributed by atoms with van der Waals surface area (Å²) in [5, 5.41) is 2.78. The zero-order valence-corrected chi connectivity index (χ0v) is 14.9. The summed E-state index contributed by atoms with van der Waals surface area (Å²) in [5.41, 5.74) is -0.750. The van der Waals surface area contributed by atoms with Crippen LogP contribution in [-0.2, 0) is 11.3 Å². The minimum absolute atomic E-state index is 0.0427. The van der Waals surface area contributed by atoms with Crippen LogP contribution in [0.3, 0.4) is 0 Å². The van der Waals surface area contributed by atoms with Crippen LogP contribution in [0.15, 0.2) is 24.3 Å². The van der Waals surface area contributed by atoms with Crippen molar-refractivity contribution in [2.24, 2.45) is 0 Å². The fourth-order valence-corrected chi connectivity index (χ4v) is 2.57. The first-order valence-corrected chi connectivity index (χ1v) is 8.33. The Morgan fingerprint density at radius 1 is 1.00 bits per heavy atom. The quantitative estimate of drug-likeness (QED) is 0.398. The average Bonchev–Trinajstić information content (AvgIpc) is 2.69. The maximum atomic E-state index is 14.2. The number of rotatable bonds is 5. The molecule has 0 spiro atoms. The number of nitrogens with one attached hydrogen (secondary N) is 1. The molecule has 1 aromatic heterocycles. The van der Waals surface area contributed by atoms with Gasteiger partial charge in [0, 0.05) is 12.1 Å². The first kappa shape index (κ1) is 19.5. The molecule has 0 saturated heterocycles. The summed E-state index contributed by atoms with van der Waals surface area (Å²) in [6.45, 7) is 2.92. The van der Waals surface area contributed by atoms with Crippen LogP contribution in [0.5, 0.6) is 0 Å². The number of nitrogens with zero attached hydrogens (tertiary/aromatic N) is 2. The van der Waals surface area contributed by atoms with Crippen LogP contribution in [0.2, 0.25) is 0 Å². The monoisotopic (exact) mass is 393 g/mol. The second kappa shape index (κ2) is 7.79. The number of carbonyl (C=O) groups excluding carboxylic acids is 1. The standard InChI is InChI=1S/C19H15F4N3O2/c1-3-28-19(27)17-18(24-8-10-4-6-11(20)7-5-10)26-16-14(23)13(22)12(21)9(2)15(16)25-17/h4-7H,3,8H2,1-2H3,(H,24,26). The smallest absolute Gasteiger partial charge is 0.360 e. The lowest BCUT2D eigenvalue weighted by atomic mass is 10.1. The highest BCUT2D eigenvalue weighted by Gasteiger charge is 2.24. The SMILES string of the molecule is CCOC(=O)c1nc2c(C)c(F)c(F)c(F)c2nc1NCc1ccc(F)cc1. The molecule has 5 nitrogen and oxygen atoms in total. The van der Waals surface area contributed by atoms with Crippen molar-refractivity contribution < 1.29 is 27.1 Å². The van der Waals surface area contributed by atoms with E-state index in [1.165, 1.54) is 31.2 Å². The van der Waals surface area contributed by atoms with Crippen LogP contribution in [0.4, 0.5) is 23.4 Å². The number of aryl methyl sites for hydroxylation is 1. The van der Waals surface area contributed by atoms with E-state index in [1.807, 2.05) is 0 Å². The average molecular weight is 393 g/mol. The third-order valence-corrected chi connectivity index (χ3v) is 4.02. The fourth-order valence-electron chi connectivity index (χ4n) is 2.57. The Hall–Kier alpha value is -3.23. The maximum Gasteiger partial charge on any atom is 0.360 e. The molecule has 3 aromatic rings. The number of benzene rings is 2. The van der Waals surface area contributed by atoms with Crippen molar-refractivity contribution in [3.63, 3.8) is 0 Å². The molecule has 1 heterocycles. The molecule has 0 aliphatic carbocycles. The molecule has 0 amide bonds. The number of halogens is 4. The van der Waals surface area contributed by atoms with Gasteiger partial charge in [-0.15, -0.1) is 0 Å². The van der Waals surface area contributed by atoms with Crippen molar-refractivity contribution in [3.05, 3.63) is 64.4 Å². The molecule has 0 radical (unpaired) electrons. The molecule has 3 rings (SSSR count). The molecule has 0 bridgehead atoms. The molecule has 0 fully saturated rings. The van der Waals surface area contributed by atoms with Gasteiger partial charge in [0.15, 0.2) is 29.0 Å². The molecule has 0 saturated carbocycles. The molecule has 0 aliphatic heterocycles. The van der Waals surface area contributed by atoms with Gasteiger partial charge in [-0.2, -0.15) is 0 Å². The van der Waals surface area contributed by atoms with Crippen molar-refractivity contribution in [1.82, 2.24) is 9.97 Å². The van der Waals surface area contributed by atoms with Gasteiger partial charge in [-0.25, -0.2) is 32.3 Å². The van der Waals surface area contributed by atoms with E-state index < -0.39 is 34.8 Å². The number of ether oxygens (including phenoxy) is 1. The van der Waals surface area contributed by atoms with Crippen LogP contribution in [-0.4, -0.2) is 22.5 Å². The van der Waals surface area contributed by atoms with Gasteiger partial charge in [-0.05, 0) is 31.5 Å². The van der Waals surface area contributed by atoms with Gasteiger partial charge in [0.05, 0.1) is 12.1 Å². The summed E-state index contributed by atoms with van der Waals surface area (Å²) < 4.78 is 59.8. The van der Waals surface area contributed by atoms with Crippen LogP contribution in [0.25, 0.3) is 11.0 Å². The van der Waals surface area contributed by atoms with Gasteiger partial charge in [-0.3, -0.25) is 0 Å². The summed E-state index contributed by atoms with van der Waals surface area (Å²) in [5.74, 6) is -6.03. The molecule has 2 aromatic carbocycles. The van der Waals surface area contributed by atoms with Gasteiger partial charge in [0.2, 0.25) is 0 Å². The lowest BCUT2D eigenvalue weighted by molar-refractivity contribution is 0.0520. The summed E-state index contributed by atoms with van der Waals surface area (Å²) in [6, 6.07) is 5.49. The third-order valence-electron chi connectivity index (χ3n) is 4.02. The van der Waals surface area contributed by atoms with Crippen molar-refractivity contribution in [1.29, 1.82) is 0 Å². The molecule has 9 heteroatoms. The second-order valence-electron chi connectivity index (χ2n) is 5.89. The topological polar surface area (TPSA) is 64.1 Å². The summed E-state index contributed by atoms with van der Waals surface area (Å²) in [4.78, 5) is 20.2. The lowest BCUT2D eigenvalue weighted by Gasteiger charge is -2.13. The number of fused-ring (bicyclic) bond motifs is 1. The number of hydrogen-bond acceptors (Lipinski definition) is 5. The first-order valence-electron chi connectivity index (χ1n) is 8.33. The number of aromatic nitrogens is 2. The number of hydrogen-bond donors (Lipinski definition) is 1. The molecular weight excluding hydrogens is 378 g/mol. The zero-order valence-electron chi connectivity index (χ0n) is 14.9. The van der Waals surface area contributed by atoms with E-state index in [-0.39, 0.29) is 35.7 Å². The van der Waals surface area contributed by atoms with Gasteiger partial charge in [-0.1, -0.05) is 12.1 Å². The Morgan fingerprint density at radius 3 is 2.32 bits per heavy atom. The Kier molecular flexibility index (Phi) is 5.43. The normalized spacial score (nSPS) is 10.9. The largest absolute Gasteiger partial charge is 0.461 e. The summed E-state index contributed by atoms with van der Waals surface area (Å²) in [6.07, 6.45) is 0. The minimum atomic E-state index is -1.67. The van der Waals surface area contributed by atoms with E-state index in [0.717, 1.165) is 0 Å². The highest BCUT2D eigenvalue weighted by molar-refractivity contribution is 5.95. The molecule has 146 valence electrons. The van der Waals surface area contributed by atoms with Crippen molar-refractivity contribution in [3.8, 4) is 0 Å². The number of anilines is 1. The second-order valence-corrected chi connectivity index (χ2v) is 5.89. The molecule has 0 aliphatic rings. The van der Waals surface area contributed by atoms with Crippen LogP contribution < -0.4 is 5.32 Å².